The highest BCUT2D eigenvalue weighted by atomic mass is 16.5. The van der Waals surface area contributed by atoms with Crippen LogP contribution in [0.3, 0.4) is 0 Å². The summed E-state index contributed by atoms with van der Waals surface area (Å²) in [6.45, 7) is 3.09. The number of benzene rings is 2. The van der Waals surface area contributed by atoms with Gasteiger partial charge in [-0.25, -0.2) is 0 Å². The van der Waals surface area contributed by atoms with E-state index in [9.17, 15) is 9.59 Å². The van der Waals surface area contributed by atoms with Crippen LogP contribution in [0.5, 0.6) is 5.75 Å². The number of carbonyl (C=O) groups is 2. The average molecular weight is 367 g/mol. The number of nitrogens with one attached hydrogen (secondary N) is 1. The summed E-state index contributed by atoms with van der Waals surface area (Å²) in [5.41, 5.74) is 1.74. The molecule has 2 aromatic carbocycles. The highest BCUT2D eigenvalue weighted by Gasteiger charge is 2.24. The van der Waals surface area contributed by atoms with E-state index in [1.165, 1.54) is 0 Å². The van der Waals surface area contributed by atoms with Gasteiger partial charge in [-0.05, 0) is 36.9 Å². The maximum Gasteiger partial charge on any atom is 0.253 e. The Hall–Kier alpha value is -2.86. The van der Waals surface area contributed by atoms with Gasteiger partial charge < -0.3 is 19.9 Å². The van der Waals surface area contributed by atoms with E-state index in [1.807, 2.05) is 42.5 Å². The number of carbonyl (C=O) groups excluding carboxylic acids is 2. The van der Waals surface area contributed by atoms with Crippen molar-refractivity contribution in [3.05, 3.63) is 65.7 Å². The third-order valence-corrected chi connectivity index (χ3v) is 4.60. The van der Waals surface area contributed by atoms with Crippen LogP contribution in [0, 0.1) is 0 Å². The van der Waals surface area contributed by atoms with E-state index < -0.39 is 0 Å². The van der Waals surface area contributed by atoms with Crippen molar-refractivity contribution in [3.8, 4) is 5.75 Å². The van der Waals surface area contributed by atoms with E-state index in [0.717, 1.165) is 11.3 Å². The van der Waals surface area contributed by atoms with Crippen LogP contribution in [-0.4, -0.2) is 61.4 Å². The highest BCUT2D eigenvalue weighted by Crippen LogP contribution is 2.16. The maximum absolute atomic E-state index is 12.7. The Kier molecular flexibility index (Phi) is 6.44. The van der Waals surface area contributed by atoms with Crippen LogP contribution in [-0.2, 0) is 11.4 Å². The summed E-state index contributed by atoms with van der Waals surface area (Å²) >= 11 is 0. The summed E-state index contributed by atoms with van der Waals surface area (Å²) < 4.78 is 5.76. The molecule has 6 heteroatoms. The first kappa shape index (κ1) is 18.9. The smallest absolute Gasteiger partial charge is 0.253 e. The number of amides is 2. The second-order valence-corrected chi connectivity index (χ2v) is 6.50. The third-order valence-electron chi connectivity index (χ3n) is 4.60. The lowest BCUT2D eigenvalue weighted by Gasteiger charge is -2.34. The molecule has 1 aliphatic heterocycles. The molecule has 0 radical (unpaired) electrons. The Morgan fingerprint density at radius 1 is 0.926 bits per heavy atom. The standard InChI is InChI=1S/C21H25N3O3/c1-22-15-20(25)23-11-13-24(14-12-23)21(26)18-7-9-19(10-8-18)27-16-17-5-3-2-4-6-17/h2-10,22H,11-16H2,1H3. The fraction of sp³-hybridized carbons (Fsp3) is 0.333. The van der Waals surface area contributed by atoms with Gasteiger partial charge in [0.25, 0.3) is 5.91 Å². The molecule has 1 saturated heterocycles. The number of likely N-dealkylation sites (N-methyl/N-ethyl adjacent to an activating group) is 1. The minimum Gasteiger partial charge on any atom is -0.489 e. The maximum atomic E-state index is 12.7. The third kappa shape index (κ3) is 5.08. The number of rotatable bonds is 6. The Morgan fingerprint density at radius 3 is 2.19 bits per heavy atom. The first-order valence-corrected chi connectivity index (χ1v) is 9.16. The molecule has 0 unspecified atom stereocenters. The van der Waals surface area contributed by atoms with E-state index in [1.54, 1.807) is 29.0 Å². The monoisotopic (exact) mass is 367 g/mol. The normalized spacial score (nSPS) is 14.1. The molecule has 3 rings (SSSR count). The molecule has 1 N–H and O–H groups in total. The first-order chi connectivity index (χ1) is 13.2. The lowest BCUT2D eigenvalue weighted by Crippen LogP contribution is -2.52. The van der Waals surface area contributed by atoms with Gasteiger partial charge in [-0.1, -0.05) is 30.3 Å². The van der Waals surface area contributed by atoms with Crippen LogP contribution in [0.15, 0.2) is 54.6 Å². The van der Waals surface area contributed by atoms with Gasteiger partial charge in [-0.3, -0.25) is 9.59 Å². The fourth-order valence-electron chi connectivity index (χ4n) is 3.04. The Morgan fingerprint density at radius 2 is 1.56 bits per heavy atom. The molecule has 2 aromatic rings. The van der Waals surface area contributed by atoms with Crippen LogP contribution in [0.1, 0.15) is 15.9 Å². The molecule has 6 nitrogen and oxygen atoms in total. The molecule has 1 fully saturated rings. The Labute approximate surface area is 159 Å². The molecule has 0 atom stereocenters. The van der Waals surface area contributed by atoms with E-state index in [4.69, 9.17) is 4.74 Å². The largest absolute Gasteiger partial charge is 0.489 e. The SMILES string of the molecule is CNCC(=O)N1CCN(C(=O)c2ccc(OCc3ccccc3)cc2)CC1. The minimum atomic E-state index is -0.00896. The van der Waals surface area contributed by atoms with Gasteiger partial charge in [-0.2, -0.15) is 0 Å². The summed E-state index contributed by atoms with van der Waals surface area (Å²) in [7, 11) is 1.75. The van der Waals surface area contributed by atoms with Gasteiger partial charge in [0.2, 0.25) is 5.91 Å². The number of nitrogens with zero attached hydrogens (tertiary/aromatic N) is 2. The van der Waals surface area contributed by atoms with Crippen molar-refractivity contribution in [1.82, 2.24) is 15.1 Å². The first-order valence-electron chi connectivity index (χ1n) is 9.16. The van der Waals surface area contributed by atoms with Crippen LogP contribution in [0.2, 0.25) is 0 Å². The van der Waals surface area contributed by atoms with E-state index in [-0.39, 0.29) is 11.8 Å². The van der Waals surface area contributed by atoms with Gasteiger partial charge in [0.05, 0.1) is 6.54 Å². The molecule has 1 aliphatic rings. The molecular formula is C21H25N3O3. The summed E-state index contributed by atoms with van der Waals surface area (Å²) in [4.78, 5) is 28.1. The van der Waals surface area contributed by atoms with Crippen molar-refractivity contribution in [1.29, 1.82) is 0 Å². The quantitative estimate of drug-likeness (QED) is 0.845. The van der Waals surface area contributed by atoms with Gasteiger partial charge >= 0.3 is 0 Å². The predicted octanol–water partition coefficient (Wildman–Crippen LogP) is 1.77. The molecule has 0 spiro atoms. The van der Waals surface area contributed by atoms with Crippen molar-refractivity contribution in [2.45, 2.75) is 6.61 Å². The highest BCUT2D eigenvalue weighted by molar-refractivity contribution is 5.94. The number of piperazine rings is 1. The Balaban J connectivity index is 1.51. The van der Waals surface area contributed by atoms with Crippen LogP contribution >= 0.6 is 0 Å². The van der Waals surface area contributed by atoms with Gasteiger partial charge in [0.15, 0.2) is 0 Å². The van der Waals surface area contributed by atoms with E-state index in [0.29, 0.717) is 44.9 Å². The topological polar surface area (TPSA) is 61.9 Å². The molecule has 142 valence electrons. The van der Waals surface area contributed by atoms with E-state index in [2.05, 4.69) is 5.32 Å². The molecule has 0 aliphatic carbocycles. The zero-order chi connectivity index (χ0) is 19.1. The van der Waals surface area contributed by atoms with Crippen molar-refractivity contribution < 1.29 is 14.3 Å². The zero-order valence-electron chi connectivity index (χ0n) is 15.6. The number of hydrogen-bond donors (Lipinski definition) is 1. The summed E-state index contributed by atoms with van der Waals surface area (Å²) in [6.07, 6.45) is 0. The number of ether oxygens (including phenoxy) is 1. The Bertz CT molecular complexity index is 754. The van der Waals surface area contributed by atoms with Crippen molar-refractivity contribution in [3.63, 3.8) is 0 Å². The lowest BCUT2D eigenvalue weighted by atomic mass is 10.1. The van der Waals surface area contributed by atoms with Gasteiger partial charge in [-0.15, -0.1) is 0 Å². The summed E-state index contributed by atoms with van der Waals surface area (Å²) in [5.74, 6) is 0.799. The molecule has 27 heavy (non-hydrogen) atoms. The summed E-state index contributed by atoms with van der Waals surface area (Å²) in [5, 5.41) is 2.87. The van der Waals surface area contributed by atoms with E-state index >= 15 is 0 Å². The van der Waals surface area contributed by atoms with Crippen LogP contribution in [0.4, 0.5) is 0 Å². The second kappa shape index (κ2) is 9.19. The van der Waals surface area contributed by atoms with Crippen molar-refractivity contribution in [2.24, 2.45) is 0 Å². The van der Waals surface area contributed by atoms with Gasteiger partial charge in [0, 0.05) is 31.7 Å². The molecule has 0 bridgehead atoms. The minimum absolute atomic E-state index is 0.00896. The van der Waals surface area contributed by atoms with Crippen molar-refractivity contribution in [2.75, 3.05) is 39.8 Å². The van der Waals surface area contributed by atoms with Crippen LogP contribution < -0.4 is 10.1 Å². The van der Waals surface area contributed by atoms with Gasteiger partial charge in [0.1, 0.15) is 12.4 Å². The number of hydrogen-bond acceptors (Lipinski definition) is 4. The van der Waals surface area contributed by atoms with Crippen molar-refractivity contribution >= 4 is 11.8 Å². The average Bonchev–Trinajstić information content (AvgIpc) is 2.73. The molecule has 2 amide bonds. The summed E-state index contributed by atoms with van der Waals surface area (Å²) in [6, 6.07) is 17.2. The fourth-order valence-corrected chi connectivity index (χ4v) is 3.04. The second-order valence-electron chi connectivity index (χ2n) is 6.50. The predicted molar refractivity (Wildman–Crippen MR) is 104 cm³/mol. The molecule has 0 saturated carbocycles. The lowest BCUT2D eigenvalue weighted by molar-refractivity contribution is -0.131. The van der Waals surface area contributed by atoms with Crippen LogP contribution in [0.25, 0.3) is 0 Å². The molecule has 1 heterocycles. The molecule has 0 aromatic heterocycles. The zero-order valence-corrected chi connectivity index (χ0v) is 15.6. The molecular weight excluding hydrogens is 342 g/mol.